The smallest absolute Gasteiger partial charge is 0.324 e. The number of amides is 1. The number of carbonyl (C=O) groups is 1. The Balaban J connectivity index is 2.24. The molecule has 0 aliphatic rings. The number of nitrogens with zero attached hydrogens (tertiary/aromatic N) is 1. The predicted octanol–water partition coefficient (Wildman–Crippen LogP) is 4.89. The lowest BCUT2D eigenvalue weighted by Crippen LogP contribution is -2.37. The first-order valence-electron chi connectivity index (χ1n) is 8.53. The van der Waals surface area contributed by atoms with Crippen LogP contribution in [0.2, 0.25) is 5.02 Å². The summed E-state index contributed by atoms with van der Waals surface area (Å²) in [6.07, 6.45) is -3.74. The van der Waals surface area contributed by atoms with Crippen LogP contribution in [0.3, 0.4) is 0 Å². The molecule has 2 rings (SSSR count). The van der Waals surface area contributed by atoms with Crippen LogP contribution in [-0.4, -0.2) is 27.1 Å². The van der Waals surface area contributed by atoms with Gasteiger partial charge in [-0.1, -0.05) is 37.6 Å². The van der Waals surface area contributed by atoms with E-state index < -0.39 is 39.2 Å². The Hall–Kier alpha value is -2.26. The van der Waals surface area contributed by atoms with Gasteiger partial charge in [0.2, 0.25) is 15.9 Å². The third-order valence-electron chi connectivity index (χ3n) is 4.09. The lowest BCUT2D eigenvalue weighted by molar-refractivity contribution is -0.137. The van der Waals surface area contributed by atoms with Gasteiger partial charge in [0.25, 0.3) is 0 Å². The maximum atomic E-state index is 13.0. The van der Waals surface area contributed by atoms with E-state index in [2.05, 4.69) is 5.32 Å². The number of alkyl halides is 3. The number of rotatable bonds is 6. The Morgan fingerprint density at radius 2 is 1.72 bits per heavy atom. The molecule has 0 radical (unpaired) electrons. The number of hydrogen-bond donors (Lipinski definition) is 1. The summed E-state index contributed by atoms with van der Waals surface area (Å²) >= 11 is 5.56. The van der Waals surface area contributed by atoms with Gasteiger partial charge in [-0.25, -0.2) is 8.42 Å². The molecule has 0 aromatic heterocycles. The first-order valence-corrected chi connectivity index (χ1v) is 10.8. The van der Waals surface area contributed by atoms with E-state index in [1.54, 1.807) is 24.3 Å². The number of benzene rings is 2. The summed E-state index contributed by atoms with van der Waals surface area (Å²) in [5.41, 5.74) is 0.0307. The van der Waals surface area contributed by atoms with Gasteiger partial charge in [0.1, 0.15) is 6.54 Å². The highest BCUT2D eigenvalue weighted by molar-refractivity contribution is 7.92. The number of carbonyl (C=O) groups excluding carboxylic acids is 1. The van der Waals surface area contributed by atoms with E-state index in [0.29, 0.717) is 6.07 Å². The van der Waals surface area contributed by atoms with Crippen molar-refractivity contribution in [1.82, 2.24) is 0 Å². The van der Waals surface area contributed by atoms with Gasteiger partial charge in [0.05, 0.1) is 22.5 Å². The van der Waals surface area contributed by atoms with Crippen LogP contribution in [0.15, 0.2) is 42.5 Å². The van der Waals surface area contributed by atoms with E-state index in [4.69, 9.17) is 11.6 Å². The van der Waals surface area contributed by atoms with Crippen molar-refractivity contribution in [3.8, 4) is 0 Å². The molecule has 0 unspecified atom stereocenters. The summed E-state index contributed by atoms with van der Waals surface area (Å²) in [6, 6.07) is 9.58. The van der Waals surface area contributed by atoms with E-state index in [9.17, 15) is 26.4 Å². The maximum Gasteiger partial charge on any atom is 0.417 e. The zero-order chi connectivity index (χ0) is 22.0. The van der Waals surface area contributed by atoms with Gasteiger partial charge < -0.3 is 5.32 Å². The van der Waals surface area contributed by atoms with Gasteiger partial charge in [-0.05, 0) is 41.8 Å². The molecule has 1 N–H and O–H groups in total. The van der Waals surface area contributed by atoms with Crippen LogP contribution in [-0.2, 0) is 21.0 Å². The van der Waals surface area contributed by atoms with Gasteiger partial charge in [0, 0.05) is 5.69 Å². The highest BCUT2D eigenvalue weighted by atomic mass is 35.5. The van der Waals surface area contributed by atoms with Crippen molar-refractivity contribution in [1.29, 1.82) is 0 Å². The summed E-state index contributed by atoms with van der Waals surface area (Å²) in [7, 11) is -3.81. The second kappa shape index (κ2) is 8.62. The second-order valence-electron chi connectivity index (χ2n) is 6.76. The van der Waals surface area contributed by atoms with Crippen molar-refractivity contribution in [2.45, 2.75) is 25.9 Å². The molecule has 2 aromatic rings. The lowest BCUT2D eigenvalue weighted by atomic mass is 10.0. The molecule has 0 spiro atoms. The minimum absolute atomic E-state index is 0.143. The fraction of sp³-hybridized carbons (Fsp3) is 0.316. The van der Waals surface area contributed by atoms with Crippen LogP contribution < -0.4 is 9.62 Å². The highest BCUT2D eigenvalue weighted by Crippen LogP contribution is 2.36. The average Bonchev–Trinajstić information content (AvgIpc) is 2.59. The molecule has 0 atom stereocenters. The van der Waals surface area contributed by atoms with Crippen molar-refractivity contribution in [3.05, 3.63) is 58.6 Å². The standard InChI is InChI=1S/C19H20ClF3N2O3S/c1-12(2)13-4-7-15(8-5-13)25(29(3,27)28)11-18(26)24-14-6-9-17(20)16(10-14)19(21,22)23/h4-10,12H,11H2,1-3H3,(H,24,26). The second-order valence-corrected chi connectivity index (χ2v) is 9.07. The number of sulfonamides is 1. The van der Waals surface area contributed by atoms with E-state index in [1.807, 2.05) is 13.8 Å². The van der Waals surface area contributed by atoms with Gasteiger partial charge in [0.15, 0.2) is 0 Å². The van der Waals surface area contributed by atoms with E-state index in [0.717, 1.165) is 22.2 Å². The monoisotopic (exact) mass is 448 g/mol. The molecular formula is C19H20ClF3N2O3S. The number of anilines is 2. The zero-order valence-electron chi connectivity index (χ0n) is 15.9. The van der Waals surface area contributed by atoms with Crippen molar-refractivity contribution in [2.24, 2.45) is 0 Å². The molecule has 0 aliphatic heterocycles. The van der Waals surface area contributed by atoms with E-state index in [-0.39, 0.29) is 17.3 Å². The average molecular weight is 449 g/mol. The first kappa shape index (κ1) is 23.0. The zero-order valence-corrected chi connectivity index (χ0v) is 17.5. The van der Waals surface area contributed by atoms with Gasteiger partial charge in [-0.2, -0.15) is 13.2 Å². The summed E-state index contributed by atoms with van der Waals surface area (Å²) in [5, 5.41) is 1.78. The first-order chi connectivity index (χ1) is 13.3. The molecule has 0 saturated heterocycles. The topological polar surface area (TPSA) is 66.5 Å². The number of halogens is 4. The molecular weight excluding hydrogens is 429 g/mol. The largest absolute Gasteiger partial charge is 0.417 e. The molecule has 158 valence electrons. The normalized spacial score (nSPS) is 12.1. The Morgan fingerprint density at radius 1 is 1.14 bits per heavy atom. The van der Waals surface area contributed by atoms with Crippen molar-refractivity contribution in [2.75, 3.05) is 22.4 Å². The van der Waals surface area contributed by atoms with Crippen molar-refractivity contribution in [3.63, 3.8) is 0 Å². The fourth-order valence-corrected chi connectivity index (χ4v) is 3.66. The highest BCUT2D eigenvalue weighted by Gasteiger charge is 2.33. The summed E-state index contributed by atoms with van der Waals surface area (Å²) in [4.78, 5) is 12.3. The van der Waals surface area contributed by atoms with E-state index in [1.165, 1.54) is 6.07 Å². The quantitative estimate of drug-likeness (QED) is 0.684. The number of nitrogens with one attached hydrogen (secondary N) is 1. The number of hydrogen-bond acceptors (Lipinski definition) is 3. The van der Waals surface area contributed by atoms with Crippen LogP contribution in [0, 0.1) is 0 Å². The third-order valence-corrected chi connectivity index (χ3v) is 5.56. The van der Waals surface area contributed by atoms with Gasteiger partial charge in [-0.3, -0.25) is 9.10 Å². The Bertz CT molecular complexity index is 991. The molecule has 0 aliphatic carbocycles. The molecule has 0 bridgehead atoms. The molecule has 1 amide bonds. The fourth-order valence-electron chi connectivity index (χ4n) is 2.58. The van der Waals surface area contributed by atoms with Crippen LogP contribution in [0.25, 0.3) is 0 Å². The van der Waals surface area contributed by atoms with Gasteiger partial charge in [-0.15, -0.1) is 0 Å². The Kier molecular flexibility index (Phi) is 6.85. The van der Waals surface area contributed by atoms with Crippen LogP contribution >= 0.6 is 11.6 Å². The third kappa shape index (κ3) is 6.11. The molecule has 0 saturated carbocycles. The predicted molar refractivity (Wildman–Crippen MR) is 108 cm³/mol. The van der Waals surface area contributed by atoms with Crippen molar-refractivity contribution >= 4 is 38.9 Å². The van der Waals surface area contributed by atoms with Crippen LogP contribution in [0.1, 0.15) is 30.9 Å². The molecule has 0 heterocycles. The molecule has 2 aromatic carbocycles. The minimum atomic E-state index is -4.69. The lowest BCUT2D eigenvalue weighted by Gasteiger charge is -2.22. The summed E-state index contributed by atoms with van der Waals surface area (Å²) < 4.78 is 64.1. The van der Waals surface area contributed by atoms with Crippen LogP contribution in [0.5, 0.6) is 0 Å². The molecule has 10 heteroatoms. The Labute approximate surface area is 172 Å². The summed E-state index contributed by atoms with van der Waals surface area (Å²) in [5.74, 6) is -0.550. The molecule has 0 fully saturated rings. The Morgan fingerprint density at radius 3 is 2.21 bits per heavy atom. The molecule has 29 heavy (non-hydrogen) atoms. The van der Waals surface area contributed by atoms with E-state index >= 15 is 0 Å². The minimum Gasteiger partial charge on any atom is -0.324 e. The summed E-state index contributed by atoms with van der Waals surface area (Å²) in [6.45, 7) is 3.38. The van der Waals surface area contributed by atoms with Crippen LogP contribution in [0.4, 0.5) is 24.5 Å². The molecule has 5 nitrogen and oxygen atoms in total. The van der Waals surface area contributed by atoms with Gasteiger partial charge >= 0.3 is 6.18 Å². The SMILES string of the molecule is CC(C)c1ccc(N(CC(=O)Nc2ccc(Cl)c(C(F)(F)F)c2)S(C)(=O)=O)cc1. The maximum absolute atomic E-state index is 13.0. The van der Waals surface area contributed by atoms with Crippen molar-refractivity contribution < 1.29 is 26.4 Å².